The summed E-state index contributed by atoms with van der Waals surface area (Å²) >= 11 is 0. The first kappa shape index (κ1) is 79.1. The number of carbonyl (C=O) groups excluding carboxylic acids is 11. The molecule has 11 amide bonds. The number of likely N-dealkylation sites (tertiary alicyclic amines) is 2. The summed E-state index contributed by atoms with van der Waals surface area (Å²) < 4.78 is 0. The van der Waals surface area contributed by atoms with Crippen LogP contribution in [0.5, 0.6) is 5.75 Å². The number of hydrogen-bond acceptors (Lipinski definition) is 19. The lowest BCUT2D eigenvalue weighted by Crippen LogP contribution is -2.61. The predicted molar refractivity (Wildman–Crippen MR) is 347 cm³/mol. The number of rotatable bonds is 41. The highest BCUT2D eigenvalue weighted by molar-refractivity contribution is 6.00. The first-order valence-corrected chi connectivity index (χ1v) is 32.4. The number of imidazole rings is 1. The average Bonchev–Trinajstić information content (AvgIpc) is 1.77. The fourth-order valence-corrected chi connectivity index (χ4v) is 11.2. The van der Waals surface area contributed by atoms with E-state index in [2.05, 4.69) is 57.8 Å². The van der Waals surface area contributed by atoms with Crippen molar-refractivity contribution >= 4 is 88.9 Å². The third-order valence-corrected chi connectivity index (χ3v) is 16.3. The van der Waals surface area contributed by atoms with Crippen LogP contribution in [0, 0.1) is 5.92 Å². The Balaban J connectivity index is 1.31. The van der Waals surface area contributed by atoms with E-state index in [1.165, 1.54) is 36.8 Å². The fourth-order valence-electron chi connectivity index (χ4n) is 11.2. The molecule has 540 valence electrons. The largest absolute Gasteiger partial charge is 0.508 e. The second-order valence-electron chi connectivity index (χ2n) is 24.5. The number of aliphatic carboxylic acids is 4. The molecule has 2 aromatic carbocycles. The number of nitrogens with two attached hydrogens (primary N) is 2. The zero-order valence-corrected chi connectivity index (χ0v) is 54.9. The quantitative estimate of drug-likeness (QED) is 0.0246. The molecule has 2 fully saturated rings. The number of amides is 11. The van der Waals surface area contributed by atoms with Gasteiger partial charge in [0.15, 0.2) is 0 Å². The van der Waals surface area contributed by atoms with Crippen molar-refractivity contribution in [3.63, 3.8) is 0 Å². The van der Waals surface area contributed by atoms with Crippen LogP contribution in [0.25, 0.3) is 0 Å². The number of phenols is 1. The molecule has 99 heavy (non-hydrogen) atoms. The van der Waals surface area contributed by atoms with Crippen molar-refractivity contribution < 1.29 is 97.5 Å². The van der Waals surface area contributed by atoms with Crippen LogP contribution in [0.4, 0.5) is 0 Å². The maximum absolute atomic E-state index is 14.7. The minimum Gasteiger partial charge on any atom is -0.508 e. The average molecular weight is 1390 g/mol. The number of hydrogen-bond donors (Lipinski definition) is 17. The van der Waals surface area contributed by atoms with Crippen molar-refractivity contribution in [2.75, 3.05) is 32.7 Å². The van der Waals surface area contributed by atoms with Crippen molar-refractivity contribution in [1.29, 1.82) is 0 Å². The Morgan fingerprint density at radius 2 is 1.08 bits per heavy atom. The summed E-state index contributed by atoms with van der Waals surface area (Å²) in [5, 5.41) is 70.9. The number of aromatic amines is 1. The van der Waals surface area contributed by atoms with Gasteiger partial charge >= 0.3 is 23.9 Å². The third kappa shape index (κ3) is 26.4. The molecule has 2 aliphatic heterocycles. The van der Waals surface area contributed by atoms with E-state index < -0.39 is 201 Å². The van der Waals surface area contributed by atoms with Crippen LogP contribution in [-0.2, 0) is 91.2 Å². The molecule has 0 unspecified atom stereocenters. The Morgan fingerprint density at radius 3 is 1.66 bits per heavy atom. The summed E-state index contributed by atoms with van der Waals surface area (Å²) in [6.45, 7) is 2.39. The molecule has 0 aliphatic carbocycles. The van der Waals surface area contributed by atoms with Crippen LogP contribution in [0.15, 0.2) is 67.1 Å². The molecule has 3 aromatic rings. The maximum Gasteiger partial charge on any atom is 0.326 e. The van der Waals surface area contributed by atoms with E-state index in [0.717, 1.165) is 9.80 Å². The minimum absolute atomic E-state index is 0.000340. The van der Waals surface area contributed by atoms with E-state index in [1.54, 1.807) is 44.2 Å². The highest BCUT2D eigenvalue weighted by atomic mass is 16.4. The zero-order chi connectivity index (χ0) is 72.9. The molecule has 5 rings (SSSR count). The number of nitrogens with one attached hydrogen (secondary N) is 10. The summed E-state index contributed by atoms with van der Waals surface area (Å²) in [4.78, 5) is 210. The van der Waals surface area contributed by atoms with E-state index in [-0.39, 0.29) is 81.8 Å². The van der Waals surface area contributed by atoms with E-state index in [4.69, 9.17) is 11.5 Å². The number of carboxylic acids is 4. The summed E-state index contributed by atoms with van der Waals surface area (Å²) in [6, 6.07) is -0.778. The molecule has 0 saturated carbocycles. The lowest BCUT2D eigenvalue weighted by molar-refractivity contribution is -0.144. The van der Waals surface area contributed by atoms with Gasteiger partial charge < -0.3 is 99.6 Å². The van der Waals surface area contributed by atoms with Crippen LogP contribution in [0.2, 0.25) is 0 Å². The van der Waals surface area contributed by atoms with Gasteiger partial charge in [0, 0.05) is 50.7 Å². The first-order valence-electron chi connectivity index (χ1n) is 32.4. The molecule has 2 aliphatic rings. The summed E-state index contributed by atoms with van der Waals surface area (Å²) in [7, 11) is 0. The Hall–Kier alpha value is -10.6. The van der Waals surface area contributed by atoms with Gasteiger partial charge in [-0.1, -0.05) is 56.3 Å². The Bertz CT molecular complexity index is 3320. The number of H-pyrrole nitrogens is 1. The number of benzene rings is 2. The molecular weight excluding hydrogens is 1300 g/mol. The van der Waals surface area contributed by atoms with Gasteiger partial charge in [-0.3, -0.25) is 67.1 Å². The van der Waals surface area contributed by atoms with E-state index in [1.807, 2.05) is 0 Å². The predicted octanol–water partition coefficient (Wildman–Crippen LogP) is -3.46. The number of carbonyl (C=O) groups is 15. The van der Waals surface area contributed by atoms with Gasteiger partial charge in [-0.15, -0.1) is 0 Å². The number of carboxylic acid groups (broad SMARTS) is 4. The van der Waals surface area contributed by atoms with Gasteiger partial charge in [0.25, 0.3) is 0 Å². The van der Waals surface area contributed by atoms with Gasteiger partial charge in [0.1, 0.15) is 60.1 Å². The summed E-state index contributed by atoms with van der Waals surface area (Å²) in [5.74, 6) is -16.3. The number of phenolic OH excluding ortho intramolecular Hbond substituents is 1. The number of aromatic nitrogens is 2. The molecule has 35 nitrogen and oxygen atoms in total. The molecule has 19 N–H and O–H groups in total. The van der Waals surface area contributed by atoms with Crippen LogP contribution in [0.3, 0.4) is 0 Å². The van der Waals surface area contributed by atoms with E-state index in [0.29, 0.717) is 30.5 Å². The fraction of sp³-hybridized carbons (Fsp3) is 0.531. The van der Waals surface area contributed by atoms with Gasteiger partial charge in [-0.05, 0) is 106 Å². The van der Waals surface area contributed by atoms with E-state index >= 15 is 0 Å². The molecule has 3 heterocycles. The summed E-state index contributed by atoms with van der Waals surface area (Å²) in [5.41, 5.74) is 12.9. The van der Waals surface area contributed by atoms with Crippen molar-refractivity contribution in [3.8, 4) is 5.75 Å². The molecule has 0 bridgehead atoms. The van der Waals surface area contributed by atoms with Crippen molar-refractivity contribution in [3.05, 3.63) is 83.9 Å². The Kier molecular flexibility index (Phi) is 31.6. The third-order valence-electron chi connectivity index (χ3n) is 16.3. The van der Waals surface area contributed by atoms with Crippen LogP contribution >= 0.6 is 0 Å². The standard InChI is InChI=1S/C64H89N15O20/c1-35(2)26-44(56(90)68-32-50(81)71-43(64(98)99)12-6-7-23-65)72-51(82)33-69-60(94)48-13-8-24-78(48)63(97)47(28-37-15-17-39(80)18-16-37)77-59(93)46(30-54(87)88)76-58(92)45(29-38-31-67-34-70-38)75-57(91)41(19-21-52(83)84)73-61(95)49-14-9-25-79(49)62(96)42(20-22-53(85)86)74-55(89)40(66)27-36-10-4-3-5-11-36/h3-5,10-11,15-18,31,34-35,40-49,80H,6-9,12-14,19-30,32-33,65-66H2,1-2H3,(H,67,70)(H,68,90)(H,69,94)(H,71,81)(H,72,82)(H,73,95)(H,74,89)(H,75,91)(H,76,92)(H,77,93)(H,83,84)(H,85,86)(H,87,88)(H,98,99)/t40-,41-,42-,43-,44-,45-,46-,47-,48-,49-/m0/s1. The zero-order valence-electron chi connectivity index (χ0n) is 54.9. The Morgan fingerprint density at radius 1 is 0.545 bits per heavy atom. The second-order valence-corrected chi connectivity index (χ2v) is 24.5. The molecule has 35 heteroatoms. The molecule has 1 aromatic heterocycles. The minimum atomic E-state index is -2.03. The van der Waals surface area contributed by atoms with Gasteiger partial charge in [0.2, 0.25) is 65.0 Å². The van der Waals surface area contributed by atoms with Crippen LogP contribution < -0.4 is 59.3 Å². The van der Waals surface area contributed by atoms with Crippen LogP contribution in [0.1, 0.15) is 114 Å². The molecule has 0 spiro atoms. The molecule has 2 saturated heterocycles. The number of nitrogens with zero attached hydrogens (tertiary/aromatic N) is 3. The van der Waals surface area contributed by atoms with Crippen LogP contribution in [-0.4, -0.2) is 227 Å². The van der Waals surface area contributed by atoms with Crippen molar-refractivity contribution in [2.45, 2.75) is 177 Å². The van der Waals surface area contributed by atoms with Crippen molar-refractivity contribution in [2.24, 2.45) is 17.4 Å². The van der Waals surface area contributed by atoms with Gasteiger partial charge in [0.05, 0.1) is 31.9 Å². The van der Waals surface area contributed by atoms with E-state index in [9.17, 15) is 97.5 Å². The Labute approximate surface area is 568 Å². The second kappa shape index (κ2) is 39.6. The lowest BCUT2D eigenvalue weighted by Gasteiger charge is -2.31. The highest BCUT2D eigenvalue weighted by Gasteiger charge is 2.42. The van der Waals surface area contributed by atoms with Gasteiger partial charge in [-0.2, -0.15) is 0 Å². The number of aromatic hydroxyl groups is 1. The number of unbranched alkanes of at least 4 members (excludes halogenated alkanes) is 1. The SMILES string of the molecule is CC(C)C[C@H](NC(=O)CNC(=O)[C@@H]1CCCN1C(=O)[C@H](Cc1ccc(O)cc1)NC(=O)[C@H](CC(=O)O)NC(=O)[C@H](Cc1cnc[nH]1)NC(=O)[C@H](CCC(=O)O)NC(=O)[C@@H]1CCCN1C(=O)[C@H](CCC(=O)O)NC(=O)[C@@H](N)Cc1ccccc1)C(=O)NCC(=O)N[C@@H](CCCCN)C(=O)O. The first-order chi connectivity index (χ1) is 47.0. The molecule has 10 atom stereocenters. The smallest absolute Gasteiger partial charge is 0.326 e. The lowest BCUT2D eigenvalue weighted by atomic mass is 10.0. The molecular formula is C64H89N15O20. The maximum atomic E-state index is 14.7. The normalized spacial score (nSPS) is 16.6. The van der Waals surface area contributed by atoms with Gasteiger partial charge in [-0.25, -0.2) is 9.78 Å². The summed E-state index contributed by atoms with van der Waals surface area (Å²) in [6.07, 6.45) is -0.0337. The highest BCUT2D eigenvalue weighted by Crippen LogP contribution is 2.23. The monoisotopic (exact) mass is 1390 g/mol. The molecule has 0 radical (unpaired) electrons. The topological polar surface area (TPSA) is 553 Å². The van der Waals surface area contributed by atoms with Crippen molar-refractivity contribution in [1.82, 2.24) is 67.6 Å².